The summed E-state index contributed by atoms with van der Waals surface area (Å²) >= 11 is 0. The maximum Gasteiger partial charge on any atom is 0.277 e. The molecule has 1 aliphatic heterocycles. The summed E-state index contributed by atoms with van der Waals surface area (Å²) in [4.78, 5) is 18.5. The van der Waals surface area contributed by atoms with Crippen LogP contribution >= 0.6 is 0 Å². The predicted molar refractivity (Wildman–Crippen MR) is 75.2 cm³/mol. The molecule has 19 heavy (non-hydrogen) atoms. The van der Waals surface area contributed by atoms with Crippen molar-refractivity contribution >= 4 is 17.3 Å². The van der Waals surface area contributed by atoms with Crippen molar-refractivity contribution in [1.29, 1.82) is 0 Å². The number of benzene rings is 1. The summed E-state index contributed by atoms with van der Waals surface area (Å²) in [5.41, 5.74) is 10.1. The summed E-state index contributed by atoms with van der Waals surface area (Å²) in [5, 5.41) is 0. The Morgan fingerprint density at radius 2 is 2.16 bits per heavy atom. The molecular weight excluding hydrogens is 238 g/mol. The quantitative estimate of drug-likeness (QED) is 0.792. The van der Waals surface area contributed by atoms with Gasteiger partial charge >= 0.3 is 0 Å². The van der Waals surface area contributed by atoms with Crippen molar-refractivity contribution in [3.8, 4) is 0 Å². The molecule has 0 spiro atoms. The molecule has 2 aromatic rings. The number of pyridine rings is 1. The molecule has 0 saturated heterocycles. The van der Waals surface area contributed by atoms with Crippen LogP contribution in [0, 0.1) is 6.92 Å². The number of hydrogen-bond donors (Lipinski definition) is 1. The highest BCUT2D eigenvalue weighted by molar-refractivity contribution is 6.07. The minimum atomic E-state index is -0.0533. The van der Waals surface area contributed by atoms with E-state index < -0.39 is 0 Å². The number of rotatable bonds is 1. The zero-order valence-electron chi connectivity index (χ0n) is 10.8. The van der Waals surface area contributed by atoms with E-state index in [9.17, 15) is 4.79 Å². The SMILES string of the molecule is Cc1cccnc1C(=O)N1CCc2c(N)cccc21. The molecule has 0 radical (unpaired) electrons. The van der Waals surface area contributed by atoms with Gasteiger partial charge in [0.25, 0.3) is 5.91 Å². The van der Waals surface area contributed by atoms with Gasteiger partial charge in [-0.2, -0.15) is 0 Å². The molecule has 3 rings (SSSR count). The van der Waals surface area contributed by atoms with E-state index in [1.165, 1.54) is 0 Å². The third-order valence-electron chi connectivity index (χ3n) is 3.52. The molecule has 96 valence electrons. The number of nitrogens with two attached hydrogens (primary N) is 1. The second-order valence-electron chi connectivity index (χ2n) is 4.72. The Morgan fingerprint density at radius 3 is 2.95 bits per heavy atom. The van der Waals surface area contributed by atoms with Crippen molar-refractivity contribution in [1.82, 2.24) is 4.98 Å². The number of carbonyl (C=O) groups is 1. The number of anilines is 2. The van der Waals surface area contributed by atoms with Gasteiger partial charge in [-0.15, -0.1) is 0 Å². The fourth-order valence-corrected chi connectivity index (χ4v) is 2.51. The van der Waals surface area contributed by atoms with Crippen LogP contribution in [0.3, 0.4) is 0 Å². The van der Waals surface area contributed by atoms with E-state index in [-0.39, 0.29) is 5.91 Å². The third-order valence-corrected chi connectivity index (χ3v) is 3.52. The third kappa shape index (κ3) is 1.85. The van der Waals surface area contributed by atoms with Crippen LogP contribution in [-0.2, 0) is 6.42 Å². The zero-order valence-corrected chi connectivity index (χ0v) is 10.8. The summed E-state index contributed by atoms with van der Waals surface area (Å²) in [5.74, 6) is -0.0533. The molecule has 1 aliphatic rings. The van der Waals surface area contributed by atoms with Crippen LogP contribution in [-0.4, -0.2) is 17.4 Å². The standard InChI is InChI=1S/C15H15N3O/c1-10-4-3-8-17-14(10)15(19)18-9-7-11-12(16)5-2-6-13(11)18/h2-6,8H,7,9,16H2,1H3. The van der Waals surface area contributed by atoms with Crippen LogP contribution in [0.4, 0.5) is 11.4 Å². The Hall–Kier alpha value is -2.36. The van der Waals surface area contributed by atoms with E-state index in [0.717, 1.165) is 28.9 Å². The Balaban J connectivity index is 2.01. The van der Waals surface area contributed by atoms with E-state index in [2.05, 4.69) is 4.98 Å². The fourth-order valence-electron chi connectivity index (χ4n) is 2.51. The second-order valence-corrected chi connectivity index (χ2v) is 4.72. The monoisotopic (exact) mass is 253 g/mol. The Kier molecular flexibility index (Phi) is 2.71. The van der Waals surface area contributed by atoms with Gasteiger partial charge < -0.3 is 10.6 Å². The average molecular weight is 253 g/mol. The van der Waals surface area contributed by atoms with E-state index in [0.29, 0.717) is 12.2 Å². The number of carbonyl (C=O) groups excluding carboxylic acids is 1. The molecule has 1 aromatic carbocycles. The molecule has 1 aromatic heterocycles. The lowest BCUT2D eigenvalue weighted by Crippen LogP contribution is -2.30. The molecule has 0 bridgehead atoms. The largest absolute Gasteiger partial charge is 0.398 e. The fraction of sp³-hybridized carbons (Fsp3) is 0.200. The average Bonchev–Trinajstić information content (AvgIpc) is 2.84. The van der Waals surface area contributed by atoms with Crippen LogP contribution in [0.15, 0.2) is 36.5 Å². The lowest BCUT2D eigenvalue weighted by molar-refractivity contribution is 0.0984. The Morgan fingerprint density at radius 1 is 1.32 bits per heavy atom. The zero-order chi connectivity index (χ0) is 13.4. The predicted octanol–water partition coefficient (Wildman–Crippen LogP) is 2.18. The molecule has 1 amide bonds. The first-order valence-corrected chi connectivity index (χ1v) is 6.29. The molecule has 4 heteroatoms. The van der Waals surface area contributed by atoms with Gasteiger partial charge in [-0.1, -0.05) is 12.1 Å². The maximum absolute atomic E-state index is 12.6. The van der Waals surface area contributed by atoms with E-state index >= 15 is 0 Å². The number of fused-ring (bicyclic) bond motifs is 1. The number of hydrogen-bond acceptors (Lipinski definition) is 3. The molecule has 2 N–H and O–H groups in total. The Labute approximate surface area is 111 Å². The molecule has 0 aliphatic carbocycles. The topological polar surface area (TPSA) is 59.2 Å². The number of nitrogen functional groups attached to an aromatic ring is 1. The summed E-state index contributed by atoms with van der Waals surface area (Å²) in [6, 6.07) is 9.43. The molecule has 0 saturated carbocycles. The second kappa shape index (κ2) is 4.39. The number of aryl methyl sites for hydroxylation is 1. The van der Waals surface area contributed by atoms with Crippen molar-refractivity contribution in [3.05, 3.63) is 53.3 Å². The van der Waals surface area contributed by atoms with Gasteiger partial charge in [-0.3, -0.25) is 9.78 Å². The number of amides is 1. The van der Waals surface area contributed by atoms with E-state index in [4.69, 9.17) is 5.73 Å². The first kappa shape index (κ1) is 11.7. The van der Waals surface area contributed by atoms with Crippen LogP contribution in [0.25, 0.3) is 0 Å². The lowest BCUT2D eigenvalue weighted by atomic mass is 10.1. The smallest absolute Gasteiger partial charge is 0.277 e. The highest BCUT2D eigenvalue weighted by atomic mass is 16.2. The molecular formula is C15H15N3O. The van der Waals surface area contributed by atoms with Crippen molar-refractivity contribution < 1.29 is 4.79 Å². The molecule has 4 nitrogen and oxygen atoms in total. The maximum atomic E-state index is 12.6. The van der Waals surface area contributed by atoms with Crippen LogP contribution in [0.5, 0.6) is 0 Å². The highest BCUT2D eigenvalue weighted by Gasteiger charge is 2.28. The number of nitrogens with zero attached hydrogens (tertiary/aromatic N) is 2. The van der Waals surface area contributed by atoms with Gasteiger partial charge in [0.1, 0.15) is 5.69 Å². The first-order chi connectivity index (χ1) is 9.18. The molecule has 0 fully saturated rings. The summed E-state index contributed by atoms with van der Waals surface area (Å²) in [7, 11) is 0. The minimum absolute atomic E-state index is 0.0533. The number of aromatic nitrogens is 1. The van der Waals surface area contributed by atoms with E-state index in [1.54, 1.807) is 11.1 Å². The molecule has 2 heterocycles. The normalized spacial score (nSPS) is 13.4. The van der Waals surface area contributed by atoms with Crippen molar-refractivity contribution in [3.63, 3.8) is 0 Å². The van der Waals surface area contributed by atoms with Gasteiger partial charge in [0.05, 0.1) is 0 Å². The summed E-state index contributed by atoms with van der Waals surface area (Å²) in [6.07, 6.45) is 2.45. The van der Waals surface area contributed by atoms with Gasteiger partial charge in [0, 0.05) is 29.7 Å². The summed E-state index contributed by atoms with van der Waals surface area (Å²) in [6.45, 7) is 2.56. The van der Waals surface area contributed by atoms with Gasteiger partial charge in [-0.05, 0) is 37.1 Å². The van der Waals surface area contributed by atoms with Crippen LogP contribution in [0.1, 0.15) is 21.6 Å². The highest BCUT2D eigenvalue weighted by Crippen LogP contribution is 2.33. The molecule has 0 unspecified atom stereocenters. The van der Waals surface area contributed by atoms with Crippen LogP contribution in [0.2, 0.25) is 0 Å². The van der Waals surface area contributed by atoms with Gasteiger partial charge in [-0.25, -0.2) is 0 Å². The van der Waals surface area contributed by atoms with Gasteiger partial charge in [0.2, 0.25) is 0 Å². The van der Waals surface area contributed by atoms with E-state index in [1.807, 2.05) is 37.3 Å². The lowest BCUT2D eigenvalue weighted by Gasteiger charge is -2.17. The summed E-state index contributed by atoms with van der Waals surface area (Å²) < 4.78 is 0. The Bertz CT molecular complexity index is 652. The van der Waals surface area contributed by atoms with Crippen molar-refractivity contribution in [2.24, 2.45) is 0 Å². The molecule has 0 atom stereocenters. The minimum Gasteiger partial charge on any atom is -0.398 e. The van der Waals surface area contributed by atoms with Gasteiger partial charge in [0.15, 0.2) is 0 Å². The van der Waals surface area contributed by atoms with Crippen LogP contribution < -0.4 is 10.6 Å². The first-order valence-electron chi connectivity index (χ1n) is 6.29. The van der Waals surface area contributed by atoms with Crippen molar-refractivity contribution in [2.45, 2.75) is 13.3 Å². The van der Waals surface area contributed by atoms with Crippen molar-refractivity contribution in [2.75, 3.05) is 17.2 Å².